The van der Waals surface area contributed by atoms with Crippen molar-refractivity contribution in [3.8, 4) is 0 Å². The minimum atomic E-state index is -4.61. The number of amidine groups is 1. The average molecular weight is 434 g/mol. The highest BCUT2D eigenvalue weighted by Crippen LogP contribution is 2.39. The number of alkyl halides is 3. The summed E-state index contributed by atoms with van der Waals surface area (Å²) in [6, 6.07) is 9.26. The number of nitrogens with one attached hydrogen (secondary N) is 2. The fourth-order valence-electron chi connectivity index (χ4n) is 3.65. The second kappa shape index (κ2) is 7.29. The Kier molecular flexibility index (Phi) is 4.87. The number of benzene rings is 1. The van der Waals surface area contributed by atoms with Gasteiger partial charge in [0.2, 0.25) is 0 Å². The van der Waals surface area contributed by atoms with E-state index in [9.17, 15) is 26.7 Å². The first-order valence-corrected chi connectivity index (χ1v) is 9.16. The van der Waals surface area contributed by atoms with Crippen LogP contribution in [0.5, 0.6) is 0 Å². The summed E-state index contributed by atoms with van der Waals surface area (Å²) in [5.74, 6) is -1.25. The van der Waals surface area contributed by atoms with Gasteiger partial charge >= 0.3 is 6.18 Å². The molecule has 1 aliphatic heterocycles. The van der Waals surface area contributed by atoms with Gasteiger partial charge < -0.3 is 10.3 Å². The van der Waals surface area contributed by atoms with Crippen LogP contribution in [0.25, 0.3) is 0 Å². The van der Waals surface area contributed by atoms with Crippen LogP contribution in [-0.4, -0.2) is 21.8 Å². The molecule has 31 heavy (non-hydrogen) atoms. The summed E-state index contributed by atoms with van der Waals surface area (Å²) in [6.07, 6.45) is -3.52. The molecule has 0 amide bonds. The first kappa shape index (κ1) is 20.7. The molecule has 1 aliphatic rings. The molecule has 160 valence electrons. The molecule has 5 nitrogen and oxygen atoms in total. The zero-order chi connectivity index (χ0) is 22.4. The van der Waals surface area contributed by atoms with Gasteiger partial charge in [0.25, 0.3) is 5.56 Å². The van der Waals surface area contributed by atoms with Crippen LogP contribution >= 0.6 is 0 Å². The number of pyridine rings is 2. The van der Waals surface area contributed by atoms with Crippen molar-refractivity contribution < 1.29 is 22.0 Å². The Bertz CT molecular complexity index is 1200. The summed E-state index contributed by atoms with van der Waals surface area (Å²) in [4.78, 5) is 22.1. The number of rotatable bonds is 3. The summed E-state index contributed by atoms with van der Waals surface area (Å²) in [5.41, 5.74) is -2.13. The van der Waals surface area contributed by atoms with E-state index in [-0.39, 0.29) is 11.5 Å². The second-order valence-electron chi connectivity index (χ2n) is 7.07. The number of aromatic amines is 1. The molecule has 0 bridgehead atoms. The Labute approximate surface area is 172 Å². The second-order valence-corrected chi connectivity index (χ2v) is 7.07. The van der Waals surface area contributed by atoms with Gasteiger partial charge in [0.1, 0.15) is 22.9 Å². The third kappa shape index (κ3) is 3.58. The third-order valence-electron chi connectivity index (χ3n) is 5.19. The molecule has 0 unspecified atom stereocenters. The van der Waals surface area contributed by atoms with Gasteiger partial charge in [-0.3, -0.25) is 14.8 Å². The van der Waals surface area contributed by atoms with Crippen molar-refractivity contribution in [2.75, 3.05) is 0 Å². The Balaban J connectivity index is 1.83. The molecule has 0 spiro atoms. The Morgan fingerprint density at radius 2 is 1.65 bits per heavy atom. The number of aliphatic imine (C=N–C) groups is 1. The molecular weight excluding hydrogens is 419 g/mol. The standard InChI is InChI=1S/C21H15F5N4O/c1-11-20(12-2-5-14(22)6-3-12,13-4-9-17(27-10-13)21(24,25)26)30-18(28-11)16-8-7-15(23)19(31)29-16/h2-11H,1H3,(H,28,30)(H,29,31)/t11-,20+/m0/s1. The van der Waals surface area contributed by atoms with Crippen molar-refractivity contribution in [1.82, 2.24) is 15.3 Å². The lowest BCUT2D eigenvalue weighted by Gasteiger charge is -2.34. The van der Waals surface area contributed by atoms with E-state index in [0.717, 1.165) is 18.3 Å². The molecular formula is C21H15F5N4O. The van der Waals surface area contributed by atoms with E-state index in [4.69, 9.17) is 0 Å². The molecule has 3 heterocycles. The maximum absolute atomic E-state index is 13.5. The van der Waals surface area contributed by atoms with E-state index < -0.39 is 40.6 Å². The third-order valence-corrected chi connectivity index (χ3v) is 5.19. The maximum Gasteiger partial charge on any atom is 0.433 e. The largest absolute Gasteiger partial charge is 0.433 e. The highest BCUT2D eigenvalue weighted by molar-refractivity contribution is 5.99. The first-order valence-electron chi connectivity index (χ1n) is 9.16. The number of hydrogen-bond acceptors (Lipinski definition) is 4. The topological polar surface area (TPSA) is 70.1 Å². The molecule has 0 radical (unpaired) electrons. The molecule has 0 aliphatic carbocycles. The van der Waals surface area contributed by atoms with E-state index in [2.05, 4.69) is 20.3 Å². The normalized spacial score (nSPS) is 21.0. The number of hydrogen-bond donors (Lipinski definition) is 2. The van der Waals surface area contributed by atoms with Crippen LogP contribution in [0.1, 0.15) is 29.4 Å². The van der Waals surface area contributed by atoms with E-state index in [1.165, 1.54) is 36.4 Å². The molecule has 0 saturated heterocycles. The average Bonchev–Trinajstić information content (AvgIpc) is 3.08. The van der Waals surface area contributed by atoms with Gasteiger partial charge in [0, 0.05) is 11.8 Å². The smallest absolute Gasteiger partial charge is 0.353 e. The molecule has 4 rings (SSSR count). The van der Waals surface area contributed by atoms with Gasteiger partial charge in [-0.25, -0.2) is 8.78 Å². The van der Waals surface area contributed by atoms with Crippen LogP contribution in [0, 0.1) is 11.6 Å². The van der Waals surface area contributed by atoms with Gasteiger partial charge in [0.15, 0.2) is 5.82 Å². The van der Waals surface area contributed by atoms with Gasteiger partial charge in [-0.2, -0.15) is 13.2 Å². The molecule has 2 N–H and O–H groups in total. The van der Waals surface area contributed by atoms with Crippen LogP contribution in [0.4, 0.5) is 22.0 Å². The highest BCUT2D eigenvalue weighted by atomic mass is 19.4. The molecule has 0 saturated carbocycles. The van der Waals surface area contributed by atoms with Gasteiger partial charge in [-0.1, -0.05) is 18.2 Å². The zero-order valence-corrected chi connectivity index (χ0v) is 16.0. The summed E-state index contributed by atoms with van der Waals surface area (Å²) < 4.78 is 65.9. The van der Waals surface area contributed by atoms with Crippen LogP contribution < -0.4 is 10.9 Å². The van der Waals surface area contributed by atoms with Crippen LogP contribution in [0.3, 0.4) is 0 Å². The summed E-state index contributed by atoms with van der Waals surface area (Å²) >= 11 is 0. The predicted molar refractivity (Wildman–Crippen MR) is 103 cm³/mol. The lowest BCUT2D eigenvalue weighted by molar-refractivity contribution is -0.141. The van der Waals surface area contributed by atoms with E-state index in [1.807, 2.05) is 0 Å². The lowest BCUT2D eigenvalue weighted by Crippen LogP contribution is -2.48. The van der Waals surface area contributed by atoms with Crippen LogP contribution in [-0.2, 0) is 11.7 Å². The predicted octanol–water partition coefficient (Wildman–Crippen LogP) is 3.75. The van der Waals surface area contributed by atoms with Crippen molar-refractivity contribution in [2.24, 2.45) is 4.99 Å². The van der Waals surface area contributed by atoms with E-state index in [1.54, 1.807) is 6.92 Å². The zero-order valence-electron chi connectivity index (χ0n) is 16.0. The van der Waals surface area contributed by atoms with E-state index in [0.29, 0.717) is 11.1 Å². The summed E-state index contributed by atoms with van der Waals surface area (Å²) in [7, 11) is 0. The lowest BCUT2D eigenvalue weighted by atomic mass is 9.79. The van der Waals surface area contributed by atoms with Gasteiger partial charge in [0.05, 0.1) is 11.7 Å². The SMILES string of the molecule is C[C@@H]1N=C(c2ccc(F)c(=O)[nH]2)N[C@]1(c1ccc(F)cc1)c1ccc(C(F)(F)F)nc1. The fraction of sp³-hybridized carbons (Fsp3) is 0.190. The summed E-state index contributed by atoms with van der Waals surface area (Å²) in [5, 5.41) is 3.14. The van der Waals surface area contributed by atoms with Crippen molar-refractivity contribution in [2.45, 2.75) is 24.7 Å². The Morgan fingerprint density at radius 3 is 2.23 bits per heavy atom. The van der Waals surface area contributed by atoms with Crippen LogP contribution in [0.15, 0.2) is 64.5 Å². The van der Waals surface area contributed by atoms with Crippen molar-refractivity contribution >= 4 is 5.84 Å². The number of nitrogens with zero attached hydrogens (tertiary/aromatic N) is 2. The van der Waals surface area contributed by atoms with Crippen molar-refractivity contribution in [1.29, 1.82) is 0 Å². The first-order chi connectivity index (χ1) is 14.6. The maximum atomic E-state index is 13.5. The summed E-state index contributed by atoms with van der Waals surface area (Å²) in [6.45, 7) is 1.71. The Hall–Kier alpha value is -3.56. The number of aromatic nitrogens is 2. The van der Waals surface area contributed by atoms with Crippen LogP contribution in [0.2, 0.25) is 0 Å². The Morgan fingerprint density at radius 1 is 0.968 bits per heavy atom. The molecule has 2 aromatic heterocycles. The van der Waals surface area contributed by atoms with Gasteiger partial charge in [-0.15, -0.1) is 0 Å². The van der Waals surface area contributed by atoms with E-state index >= 15 is 0 Å². The molecule has 2 atom stereocenters. The van der Waals surface area contributed by atoms with Crippen molar-refractivity contribution in [3.05, 3.63) is 99.2 Å². The minimum absolute atomic E-state index is 0.196. The molecule has 3 aromatic rings. The van der Waals surface area contributed by atoms with Crippen molar-refractivity contribution in [3.63, 3.8) is 0 Å². The highest BCUT2D eigenvalue weighted by Gasteiger charge is 2.46. The monoisotopic (exact) mass is 434 g/mol. The molecule has 0 fully saturated rings. The molecule has 10 heteroatoms. The number of halogens is 5. The fourth-order valence-corrected chi connectivity index (χ4v) is 3.65. The number of H-pyrrole nitrogens is 1. The van der Waals surface area contributed by atoms with Gasteiger partial charge in [-0.05, 0) is 42.8 Å². The minimum Gasteiger partial charge on any atom is -0.353 e. The molecule has 1 aromatic carbocycles. The quantitative estimate of drug-likeness (QED) is 0.617.